The van der Waals surface area contributed by atoms with Crippen LogP contribution in [0.25, 0.3) is 0 Å². The summed E-state index contributed by atoms with van der Waals surface area (Å²) in [6.07, 6.45) is 8.21. The molecule has 0 aromatic heterocycles. The van der Waals surface area contributed by atoms with E-state index in [2.05, 4.69) is 5.16 Å². The maximum absolute atomic E-state index is 8.03. The molecule has 1 aliphatic rings. The van der Waals surface area contributed by atoms with Crippen LogP contribution in [-0.2, 0) is 0 Å². The van der Waals surface area contributed by atoms with Gasteiger partial charge in [0.25, 0.3) is 0 Å². The van der Waals surface area contributed by atoms with Crippen LogP contribution in [0.15, 0.2) is 29.0 Å². The standard InChI is InChI=1S/C6H7NO/c8-7-5-6-3-1-2-4-6/h1-3,5,8H,4H2/b7-5+. The van der Waals surface area contributed by atoms with Crippen molar-refractivity contribution in [3.05, 3.63) is 23.8 Å². The van der Waals surface area contributed by atoms with Gasteiger partial charge < -0.3 is 5.21 Å². The van der Waals surface area contributed by atoms with Crippen LogP contribution < -0.4 is 0 Å². The zero-order valence-corrected chi connectivity index (χ0v) is 4.41. The molecule has 0 unspecified atom stereocenters. The van der Waals surface area contributed by atoms with E-state index in [4.69, 9.17) is 5.21 Å². The zero-order chi connectivity index (χ0) is 5.82. The smallest absolute Gasteiger partial charge is 0.0696 e. The molecule has 42 valence electrons. The highest BCUT2D eigenvalue weighted by Gasteiger charge is 1.92. The van der Waals surface area contributed by atoms with Crippen molar-refractivity contribution in [2.75, 3.05) is 0 Å². The molecule has 0 spiro atoms. The van der Waals surface area contributed by atoms with Gasteiger partial charge in [0, 0.05) is 0 Å². The van der Waals surface area contributed by atoms with Crippen LogP contribution in [0.2, 0.25) is 0 Å². The third kappa shape index (κ3) is 0.964. The predicted octanol–water partition coefficient (Wildman–Crippen LogP) is 1.33. The molecule has 0 saturated carbocycles. The Hall–Kier alpha value is -1.05. The normalized spacial score (nSPS) is 17.8. The first-order chi connectivity index (χ1) is 3.93. The highest BCUT2D eigenvalue weighted by Crippen LogP contribution is 2.06. The Kier molecular flexibility index (Phi) is 1.47. The van der Waals surface area contributed by atoms with Gasteiger partial charge in [-0.15, -0.1) is 0 Å². The quantitative estimate of drug-likeness (QED) is 0.307. The summed E-state index contributed by atoms with van der Waals surface area (Å²) in [5, 5.41) is 10.9. The first-order valence-corrected chi connectivity index (χ1v) is 2.46. The summed E-state index contributed by atoms with van der Waals surface area (Å²) in [5.41, 5.74) is 1.05. The Morgan fingerprint density at radius 1 is 1.75 bits per heavy atom. The minimum Gasteiger partial charge on any atom is -0.411 e. The van der Waals surface area contributed by atoms with Gasteiger partial charge in [0.05, 0.1) is 6.21 Å². The average Bonchev–Trinajstić information content (AvgIpc) is 2.19. The molecule has 0 aliphatic heterocycles. The second-order valence-corrected chi connectivity index (χ2v) is 1.62. The number of nitrogens with zero attached hydrogens (tertiary/aromatic N) is 1. The van der Waals surface area contributed by atoms with Gasteiger partial charge >= 0.3 is 0 Å². The SMILES string of the molecule is O/N=C/C1=CC=CC1. The molecular weight excluding hydrogens is 102 g/mol. The molecule has 0 aromatic rings. The lowest BCUT2D eigenvalue weighted by molar-refractivity contribution is 0.321. The second-order valence-electron chi connectivity index (χ2n) is 1.62. The van der Waals surface area contributed by atoms with Crippen LogP contribution in [0.3, 0.4) is 0 Å². The first kappa shape index (κ1) is 5.09. The molecule has 8 heavy (non-hydrogen) atoms. The molecule has 0 atom stereocenters. The van der Waals surface area contributed by atoms with Crippen molar-refractivity contribution in [1.29, 1.82) is 0 Å². The van der Waals surface area contributed by atoms with Crippen molar-refractivity contribution >= 4 is 6.21 Å². The van der Waals surface area contributed by atoms with Crippen LogP contribution >= 0.6 is 0 Å². The molecule has 0 saturated heterocycles. The third-order valence-electron chi connectivity index (χ3n) is 1.02. The molecule has 0 fully saturated rings. The van der Waals surface area contributed by atoms with E-state index in [1.54, 1.807) is 0 Å². The lowest BCUT2D eigenvalue weighted by Crippen LogP contribution is -1.76. The van der Waals surface area contributed by atoms with Crippen molar-refractivity contribution in [3.63, 3.8) is 0 Å². The molecule has 1 N–H and O–H groups in total. The van der Waals surface area contributed by atoms with Crippen LogP contribution in [0.1, 0.15) is 6.42 Å². The summed E-state index contributed by atoms with van der Waals surface area (Å²) >= 11 is 0. The van der Waals surface area contributed by atoms with Crippen molar-refractivity contribution < 1.29 is 5.21 Å². The maximum atomic E-state index is 8.03. The fraction of sp³-hybridized carbons (Fsp3) is 0.167. The molecule has 0 amide bonds. The maximum Gasteiger partial charge on any atom is 0.0696 e. The zero-order valence-electron chi connectivity index (χ0n) is 4.41. The largest absolute Gasteiger partial charge is 0.411 e. The summed E-state index contributed by atoms with van der Waals surface area (Å²) in [7, 11) is 0. The van der Waals surface area contributed by atoms with Crippen molar-refractivity contribution in [1.82, 2.24) is 0 Å². The van der Waals surface area contributed by atoms with Crippen LogP contribution in [0, 0.1) is 0 Å². The minimum atomic E-state index is 0.893. The van der Waals surface area contributed by atoms with E-state index in [1.165, 1.54) is 6.21 Å². The molecule has 0 radical (unpaired) electrons. The lowest BCUT2D eigenvalue weighted by Gasteiger charge is -1.83. The van der Waals surface area contributed by atoms with E-state index in [9.17, 15) is 0 Å². The molecule has 0 bridgehead atoms. The summed E-state index contributed by atoms with van der Waals surface area (Å²) in [5.74, 6) is 0. The van der Waals surface area contributed by atoms with E-state index in [-0.39, 0.29) is 0 Å². The fourth-order valence-electron chi connectivity index (χ4n) is 0.634. The highest BCUT2D eigenvalue weighted by molar-refractivity contribution is 5.79. The van der Waals surface area contributed by atoms with E-state index in [1.807, 2.05) is 18.2 Å². The Labute approximate surface area is 47.8 Å². The Morgan fingerprint density at radius 2 is 2.62 bits per heavy atom. The predicted molar refractivity (Wildman–Crippen MR) is 32.1 cm³/mol. The van der Waals surface area contributed by atoms with E-state index in [0.717, 1.165) is 12.0 Å². The highest BCUT2D eigenvalue weighted by atomic mass is 16.4. The monoisotopic (exact) mass is 109 g/mol. The summed E-state index contributed by atoms with van der Waals surface area (Å²) in [4.78, 5) is 0. The summed E-state index contributed by atoms with van der Waals surface area (Å²) < 4.78 is 0. The topological polar surface area (TPSA) is 32.6 Å². The van der Waals surface area contributed by atoms with Crippen LogP contribution in [0.4, 0.5) is 0 Å². The van der Waals surface area contributed by atoms with Gasteiger partial charge in [0.2, 0.25) is 0 Å². The van der Waals surface area contributed by atoms with Gasteiger partial charge in [-0.2, -0.15) is 0 Å². The number of rotatable bonds is 1. The number of allylic oxidation sites excluding steroid dienone is 4. The summed E-state index contributed by atoms with van der Waals surface area (Å²) in [6.45, 7) is 0. The van der Waals surface area contributed by atoms with Gasteiger partial charge in [-0.3, -0.25) is 0 Å². The minimum absolute atomic E-state index is 0.893. The van der Waals surface area contributed by atoms with Crippen LogP contribution in [-0.4, -0.2) is 11.4 Å². The van der Waals surface area contributed by atoms with Gasteiger partial charge in [0.1, 0.15) is 0 Å². The molecule has 0 heterocycles. The van der Waals surface area contributed by atoms with Gasteiger partial charge in [-0.1, -0.05) is 23.4 Å². The Balaban J connectivity index is 2.51. The number of hydrogen-bond donors (Lipinski definition) is 1. The number of oxime groups is 1. The Morgan fingerprint density at radius 3 is 3.12 bits per heavy atom. The third-order valence-corrected chi connectivity index (χ3v) is 1.02. The molecule has 2 heteroatoms. The first-order valence-electron chi connectivity index (χ1n) is 2.46. The second kappa shape index (κ2) is 2.31. The number of hydrogen-bond acceptors (Lipinski definition) is 2. The lowest BCUT2D eigenvalue weighted by atomic mass is 10.3. The average molecular weight is 109 g/mol. The van der Waals surface area contributed by atoms with E-state index < -0.39 is 0 Å². The molecule has 0 aromatic carbocycles. The van der Waals surface area contributed by atoms with Gasteiger partial charge in [-0.25, -0.2) is 0 Å². The van der Waals surface area contributed by atoms with E-state index in [0.29, 0.717) is 0 Å². The van der Waals surface area contributed by atoms with Crippen molar-refractivity contribution in [2.45, 2.75) is 6.42 Å². The fourth-order valence-corrected chi connectivity index (χ4v) is 0.634. The van der Waals surface area contributed by atoms with Crippen LogP contribution in [0.5, 0.6) is 0 Å². The van der Waals surface area contributed by atoms with Crippen molar-refractivity contribution in [2.24, 2.45) is 5.16 Å². The molecule has 1 rings (SSSR count). The molecule has 1 aliphatic carbocycles. The summed E-state index contributed by atoms with van der Waals surface area (Å²) in [6, 6.07) is 0. The van der Waals surface area contributed by atoms with Crippen molar-refractivity contribution in [3.8, 4) is 0 Å². The van der Waals surface area contributed by atoms with Gasteiger partial charge in [0.15, 0.2) is 0 Å². The van der Waals surface area contributed by atoms with Gasteiger partial charge in [-0.05, 0) is 12.0 Å². The van der Waals surface area contributed by atoms with E-state index >= 15 is 0 Å². The molecular formula is C6H7NO. The Bertz CT molecular complexity index is 156. The molecule has 2 nitrogen and oxygen atoms in total.